The summed E-state index contributed by atoms with van der Waals surface area (Å²) in [5.41, 5.74) is 5.67. The van der Waals surface area contributed by atoms with Crippen LogP contribution >= 0.6 is 0 Å². The van der Waals surface area contributed by atoms with Crippen LogP contribution in [0.25, 0.3) is 22.5 Å². The molecule has 1 aliphatic carbocycles. The van der Waals surface area contributed by atoms with Crippen LogP contribution in [0.2, 0.25) is 0 Å². The molecule has 2 N–H and O–H groups in total. The van der Waals surface area contributed by atoms with E-state index in [1.807, 2.05) is 87.5 Å². The molecule has 0 radical (unpaired) electrons. The molecule has 54 heavy (non-hydrogen) atoms. The van der Waals surface area contributed by atoms with Crippen LogP contribution in [-0.2, 0) is 0 Å². The molecule has 0 bridgehead atoms. The summed E-state index contributed by atoms with van der Waals surface area (Å²) in [6.07, 6.45) is 2.01. The van der Waals surface area contributed by atoms with Crippen LogP contribution in [0.5, 0.6) is 0 Å². The van der Waals surface area contributed by atoms with Crippen molar-refractivity contribution in [2.45, 2.75) is 59.3 Å². The highest BCUT2D eigenvalue weighted by Gasteiger charge is 2.29. The Labute approximate surface area is 311 Å². The summed E-state index contributed by atoms with van der Waals surface area (Å²) in [4.78, 5) is 53.1. The number of nitrogens with zero attached hydrogens (tertiary/aromatic N) is 4. The lowest BCUT2D eigenvalue weighted by atomic mass is 9.94. The Morgan fingerprint density at radius 1 is 0.704 bits per heavy atom. The minimum Gasteiger partial charge on any atom is -0.320 e. The van der Waals surface area contributed by atoms with Crippen molar-refractivity contribution in [2.24, 2.45) is 0 Å². The predicted octanol–water partition coefficient (Wildman–Crippen LogP) is 8.02. The van der Waals surface area contributed by atoms with Crippen molar-refractivity contribution < 1.29 is 14.0 Å². The number of rotatable bonds is 9. The number of hydrogen-bond acceptors (Lipinski definition) is 6. The first-order chi connectivity index (χ1) is 25.9. The van der Waals surface area contributed by atoms with Crippen molar-refractivity contribution in [1.82, 2.24) is 19.6 Å². The first-order valence-corrected chi connectivity index (χ1v) is 17.8. The van der Waals surface area contributed by atoms with E-state index in [-0.39, 0.29) is 23.0 Å². The van der Waals surface area contributed by atoms with Gasteiger partial charge in [-0.15, -0.1) is 0 Å². The molecule has 272 valence electrons. The summed E-state index contributed by atoms with van der Waals surface area (Å²) < 4.78 is 17.9. The molecule has 1 saturated carbocycles. The first-order valence-electron chi connectivity index (χ1n) is 17.8. The summed E-state index contributed by atoms with van der Waals surface area (Å²) >= 11 is 0. The van der Waals surface area contributed by atoms with E-state index < -0.39 is 28.5 Å². The fourth-order valence-corrected chi connectivity index (χ4v) is 6.73. The highest BCUT2D eigenvalue weighted by Crippen LogP contribution is 2.46. The largest absolute Gasteiger partial charge is 0.320 e. The molecule has 0 aliphatic heterocycles. The van der Waals surface area contributed by atoms with Gasteiger partial charge in [-0.25, -0.2) is 13.8 Å². The van der Waals surface area contributed by atoms with Gasteiger partial charge in [-0.05, 0) is 104 Å². The number of halogens is 1. The number of aromatic nitrogens is 4. The number of aryl methyl sites for hydroxylation is 2. The van der Waals surface area contributed by atoms with E-state index >= 15 is 0 Å². The number of para-hydroxylation sites is 2. The van der Waals surface area contributed by atoms with E-state index in [1.165, 1.54) is 22.9 Å². The number of benzene rings is 4. The van der Waals surface area contributed by atoms with Gasteiger partial charge in [0.25, 0.3) is 11.8 Å². The van der Waals surface area contributed by atoms with Gasteiger partial charge in [0.1, 0.15) is 5.82 Å². The van der Waals surface area contributed by atoms with Gasteiger partial charge in [-0.2, -0.15) is 10.2 Å². The highest BCUT2D eigenvalue weighted by molar-refractivity contribution is 6.04. The standard InChI is InChI=1S/C43H39FN6O4/c1-24(2)32-12-9-13-35(44)39(32)46-43(54)41-37(52)23-26(4)50(48-41)31-18-16-28(17-19-31)33-20-21-34(29-14-15-29)38(27(33)5)45-42(53)40-36(51)22-25(3)49(47-40)30-10-7-6-8-11-30/h6-13,16-24,29H,14-15H2,1-5H3,(H,45,53)(H,46,54). The highest BCUT2D eigenvalue weighted by atomic mass is 19.1. The van der Waals surface area contributed by atoms with Crippen LogP contribution in [0.15, 0.2) is 107 Å². The Balaban J connectivity index is 1.19. The van der Waals surface area contributed by atoms with Crippen molar-refractivity contribution in [3.63, 3.8) is 0 Å². The van der Waals surface area contributed by atoms with E-state index in [9.17, 15) is 23.6 Å². The molecule has 2 heterocycles. The second-order valence-electron chi connectivity index (χ2n) is 13.9. The molecule has 7 rings (SSSR count). The molecule has 2 aromatic heterocycles. The van der Waals surface area contributed by atoms with Crippen molar-refractivity contribution in [2.75, 3.05) is 10.6 Å². The quantitative estimate of drug-likeness (QED) is 0.156. The molecule has 2 amide bonds. The second kappa shape index (κ2) is 14.5. The predicted molar refractivity (Wildman–Crippen MR) is 208 cm³/mol. The molecule has 10 nitrogen and oxygen atoms in total. The maximum atomic E-state index is 14.8. The lowest BCUT2D eigenvalue weighted by Gasteiger charge is -2.18. The number of nitrogens with one attached hydrogen (secondary N) is 2. The minimum atomic E-state index is -0.807. The van der Waals surface area contributed by atoms with Crippen LogP contribution in [0.3, 0.4) is 0 Å². The van der Waals surface area contributed by atoms with E-state index in [1.54, 1.807) is 30.7 Å². The Morgan fingerprint density at radius 2 is 1.26 bits per heavy atom. The van der Waals surface area contributed by atoms with E-state index in [4.69, 9.17) is 0 Å². The smallest absolute Gasteiger partial charge is 0.280 e. The van der Waals surface area contributed by atoms with Crippen LogP contribution in [0.1, 0.15) is 87.6 Å². The molecule has 0 unspecified atom stereocenters. The van der Waals surface area contributed by atoms with Crippen LogP contribution in [-0.4, -0.2) is 31.4 Å². The molecule has 0 spiro atoms. The van der Waals surface area contributed by atoms with E-state index in [2.05, 4.69) is 20.8 Å². The third-order valence-corrected chi connectivity index (χ3v) is 9.73. The number of carbonyl (C=O) groups excluding carboxylic acids is 2. The SMILES string of the molecule is Cc1c(-c2ccc(-n3nc(C(=O)Nc4c(F)cccc4C(C)C)c(=O)cc3C)cc2)ccc(C2CC2)c1NC(=O)c1nn(-c2ccccc2)c(C)cc1=O. The number of hydrogen-bond donors (Lipinski definition) is 2. The van der Waals surface area contributed by atoms with Crippen LogP contribution in [0, 0.1) is 26.6 Å². The van der Waals surface area contributed by atoms with E-state index in [0.717, 1.165) is 40.8 Å². The van der Waals surface area contributed by atoms with Crippen molar-refractivity contribution >= 4 is 23.2 Å². The van der Waals surface area contributed by atoms with E-state index in [0.29, 0.717) is 34.2 Å². The number of amides is 2. The van der Waals surface area contributed by atoms with Gasteiger partial charge in [-0.3, -0.25) is 19.2 Å². The van der Waals surface area contributed by atoms with Gasteiger partial charge in [0, 0.05) is 29.2 Å². The van der Waals surface area contributed by atoms with Crippen LogP contribution in [0.4, 0.5) is 15.8 Å². The molecule has 0 atom stereocenters. The van der Waals surface area contributed by atoms with Gasteiger partial charge in [0.2, 0.25) is 10.9 Å². The molecule has 1 aliphatic rings. The summed E-state index contributed by atoms with van der Waals surface area (Å²) in [5, 5.41) is 14.5. The lowest BCUT2D eigenvalue weighted by Crippen LogP contribution is -2.27. The van der Waals surface area contributed by atoms with Gasteiger partial charge < -0.3 is 10.6 Å². The van der Waals surface area contributed by atoms with Crippen molar-refractivity contribution in [1.29, 1.82) is 0 Å². The maximum absolute atomic E-state index is 14.8. The zero-order chi connectivity index (χ0) is 38.3. The summed E-state index contributed by atoms with van der Waals surface area (Å²) in [5.74, 6) is -1.76. The van der Waals surface area contributed by atoms with Crippen LogP contribution < -0.4 is 21.5 Å². The summed E-state index contributed by atoms with van der Waals surface area (Å²) in [6.45, 7) is 9.20. The normalized spacial score (nSPS) is 12.5. The van der Waals surface area contributed by atoms with Gasteiger partial charge in [0.05, 0.1) is 17.1 Å². The molecule has 0 saturated heterocycles. The number of carbonyl (C=O) groups is 2. The molecular weight excluding hydrogens is 684 g/mol. The first kappa shape index (κ1) is 35.9. The van der Waals surface area contributed by atoms with Crippen molar-refractivity contribution in [3.8, 4) is 22.5 Å². The average molecular weight is 723 g/mol. The van der Waals surface area contributed by atoms with Gasteiger partial charge in [0.15, 0.2) is 11.4 Å². The van der Waals surface area contributed by atoms with Gasteiger partial charge >= 0.3 is 0 Å². The Morgan fingerprint density at radius 3 is 1.81 bits per heavy atom. The lowest BCUT2D eigenvalue weighted by molar-refractivity contribution is 0.101. The Kier molecular flexibility index (Phi) is 9.64. The average Bonchev–Trinajstić information content (AvgIpc) is 3.99. The minimum absolute atomic E-state index is 0.0215. The second-order valence-corrected chi connectivity index (χ2v) is 13.9. The summed E-state index contributed by atoms with van der Waals surface area (Å²) in [6, 6.07) is 28.1. The van der Waals surface area contributed by atoms with Gasteiger partial charge in [-0.1, -0.05) is 68.4 Å². The monoisotopic (exact) mass is 722 g/mol. The Bertz CT molecular complexity index is 2560. The van der Waals surface area contributed by atoms with Crippen molar-refractivity contribution in [3.05, 3.63) is 163 Å². The topological polar surface area (TPSA) is 128 Å². The Hall–Kier alpha value is -6.49. The maximum Gasteiger partial charge on any atom is 0.280 e. The fraction of sp³-hybridized carbons (Fsp3) is 0.209. The molecular formula is C43H39FN6O4. The number of anilines is 2. The fourth-order valence-electron chi connectivity index (χ4n) is 6.73. The molecule has 6 aromatic rings. The summed E-state index contributed by atoms with van der Waals surface area (Å²) in [7, 11) is 0. The third-order valence-electron chi connectivity index (χ3n) is 9.73. The zero-order valence-corrected chi connectivity index (χ0v) is 30.6. The molecule has 4 aromatic carbocycles. The molecule has 1 fully saturated rings. The zero-order valence-electron chi connectivity index (χ0n) is 30.6. The molecule has 11 heteroatoms. The third kappa shape index (κ3) is 7.00.